The third-order valence-corrected chi connectivity index (χ3v) is 4.65. The summed E-state index contributed by atoms with van der Waals surface area (Å²) in [6.07, 6.45) is 0. The molecular weight excluding hydrogens is 370 g/mol. The number of hydrogen-bond donors (Lipinski definition) is 2. The Morgan fingerprint density at radius 2 is 1.74 bits per heavy atom. The molecule has 0 aromatic heterocycles. The van der Waals surface area contributed by atoms with Crippen molar-refractivity contribution >= 4 is 27.4 Å². The summed E-state index contributed by atoms with van der Waals surface area (Å²) < 4.78 is 32.0. The summed E-state index contributed by atoms with van der Waals surface area (Å²) in [6, 6.07) is 14.1. The molecule has 0 unspecified atom stereocenters. The molecular formula is C18H19N3O5S. The molecule has 0 aliphatic rings. The van der Waals surface area contributed by atoms with Gasteiger partial charge >= 0.3 is 5.97 Å². The Hall–Kier alpha value is -3.20. The topological polar surface area (TPSA) is 117 Å². The number of aliphatic hydroxyl groups is 1. The van der Waals surface area contributed by atoms with Crippen molar-refractivity contribution in [3.63, 3.8) is 0 Å². The van der Waals surface area contributed by atoms with Crippen LogP contribution >= 0.6 is 0 Å². The molecule has 142 valence electrons. The summed E-state index contributed by atoms with van der Waals surface area (Å²) in [5.41, 5.74) is 0.430. The second-order valence-corrected chi connectivity index (χ2v) is 7.00. The van der Waals surface area contributed by atoms with Crippen LogP contribution in [0.3, 0.4) is 0 Å². The monoisotopic (exact) mass is 389 g/mol. The highest BCUT2D eigenvalue weighted by Gasteiger charge is 2.15. The molecule has 0 aliphatic carbocycles. The van der Waals surface area contributed by atoms with Gasteiger partial charge in [0.2, 0.25) is 5.70 Å². The lowest BCUT2D eigenvalue weighted by molar-refractivity contribution is -0.138. The number of nitrogens with one attached hydrogen (secondary N) is 1. The van der Waals surface area contributed by atoms with Gasteiger partial charge in [-0.2, -0.15) is 5.11 Å². The Balaban J connectivity index is 2.17. The highest BCUT2D eigenvalue weighted by molar-refractivity contribution is 7.92. The van der Waals surface area contributed by atoms with Crippen molar-refractivity contribution < 1.29 is 23.1 Å². The average Bonchev–Trinajstić information content (AvgIpc) is 2.63. The molecule has 0 fully saturated rings. The van der Waals surface area contributed by atoms with Crippen LogP contribution < -0.4 is 4.72 Å². The number of carbonyl (C=O) groups excluding carboxylic acids is 1. The number of carbonyl (C=O) groups is 1. The maximum atomic E-state index is 12.4. The van der Waals surface area contributed by atoms with Crippen molar-refractivity contribution in [2.45, 2.75) is 18.7 Å². The van der Waals surface area contributed by atoms with E-state index in [0.717, 1.165) is 0 Å². The Morgan fingerprint density at radius 1 is 1.11 bits per heavy atom. The van der Waals surface area contributed by atoms with Crippen LogP contribution in [0.5, 0.6) is 0 Å². The number of esters is 1. The van der Waals surface area contributed by atoms with Gasteiger partial charge in [0, 0.05) is 5.69 Å². The van der Waals surface area contributed by atoms with E-state index in [4.69, 9.17) is 4.74 Å². The summed E-state index contributed by atoms with van der Waals surface area (Å²) in [4.78, 5) is 11.7. The first-order valence-corrected chi connectivity index (χ1v) is 9.48. The molecule has 0 heterocycles. The van der Waals surface area contributed by atoms with E-state index in [-0.39, 0.29) is 23.0 Å². The van der Waals surface area contributed by atoms with Gasteiger partial charge in [0.1, 0.15) is 5.76 Å². The van der Waals surface area contributed by atoms with Crippen LogP contribution in [0.15, 0.2) is 81.2 Å². The smallest absolute Gasteiger partial charge is 0.362 e. The molecule has 0 aliphatic heterocycles. The zero-order valence-electron chi connectivity index (χ0n) is 14.8. The lowest BCUT2D eigenvalue weighted by Gasteiger charge is -2.07. The largest absolute Gasteiger partial charge is 0.510 e. The Kier molecular flexibility index (Phi) is 6.67. The fraction of sp³-hybridized carbons (Fsp3) is 0.167. The van der Waals surface area contributed by atoms with E-state index in [9.17, 15) is 18.3 Å². The van der Waals surface area contributed by atoms with Crippen molar-refractivity contribution in [1.82, 2.24) is 0 Å². The Labute approximate surface area is 157 Å². The molecule has 2 aromatic carbocycles. The fourth-order valence-electron chi connectivity index (χ4n) is 1.98. The van der Waals surface area contributed by atoms with Crippen molar-refractivity contribution in [3.8, 4) is 0 Å². The zero-order valence-corrected chi connectivity index (χ0v) is 15.6. The summed E-state index contributed by atoms with van der Waals surface area (Å²) >= 11 is 0. The van der Waals surface area contributed by atoms with Crippen molar-refractivity contribution in [3.05, 3.63) is 66.1 Å². The van der Waals surface area contributed by atoms with Crippen LogP contribution in [0.4, 0.5) is 11.4 Å². The molecule has 9 heteroatoms. The van der Waals surface area contributed by atoms with E-state index in [0.29, 0.717) is 11.4 Å². The zero-order chi connectivity index (χ0) is 19.9. The third kappa shape index (κ3) is 5.65. The molecule has 8 nitrogen and oxygen atoms in total. The lowest BCUT2D eigenvalue weighted by Crippen LogP contribution is -2.12. The Bertz CT molecular complexity index is 948. The maximum absolute atomic E-state index is 12.4. The van der Waals surface area contributed by atoms with Gasteiger partial charge in [-0.15, -0.1) is 5.11 Å². The molecule has 2 aromatic rings. The number of allylic oxidation sites excluding steroid dienone is 1. The van der Waals surface area contributed by atoms with Gasteiger partial charge in [-0.25, -0.2) is 13.2 Å². The van der Waals surface area contributed by atoms with Crippen LogP contribution in [0.25, 0.3) is 0 Å². The first kappa shape index (κ1) is 20.1. The molecule has 0 spiro atoms. The van der Waals surface area contributed by atoms with Crippen LogP contribution in [0.2, 0.25) is 0 Å². The van der Waals surface area contributed by atoms with Gasteiger partial charge < -0.3 is 9.84 Å². The quantitative estimate of drug-likeness (QED) is 0.322. The minimum atomic E-state index is -3.74. The summed E-state index contributed by atoms with van der Waals surface area (Å²) in [5, 5.41) is 17.0. The van der Waals surface area contributed by atoms with Crippen molar-refractivity contribution in [1.29, 1.82) is 0 Å². The summed E-state index contributed by atoms with van der Waals surface area (Å²) in [6.45, 7) is 3.05. The second-order valence-electron chi connectivity index (χ2n) is 5.32. The molecule has 0 bridgehead atoms. The van der Waals surface area contributed by atoms with Crippen LogP contribution in [0.1, 0.15) is 13.8 Å². The molecule has 0 saturated carbocycles. The molecule has 0 amide bonds. The Morgan fingerprint density at radius 3 is 2.30 bits per heavy atom. The summed E-state index contributed by atoms with van der Waals surface area (Å²) in [5.74, 6) is -1.13. The molecule has 0 radical (unpaired) electrons. The third-order valence-electron chi connectivity index (χ3n) is 3.25. The molecule has 0 saturated heterocycles. The van der Waals surface area contributed by atoms with Gasteiger partial charge in [-0.05, 0) is 50.2 Å². The van der Waals surface area contributed by atoms with Crippen LogP contribution in [-0.2, 0) is 19.6 Å². The minimum absolute atomic E-state index is 0.0461. The number of para-hydroxylation sites is 1. The second kappa shape index (κ2) is 8.95. The molecule has 2 rings (SSSR count). The highest BCUT2D eigenvalue weighted by Crippen LogP contribution is 2.21. The SMILES string of the molecule is CCOC(=O)/C(N=Nc1ccc(S(=O)(=O)Nc2ccccc2)cc1)=C(/C)O. The fourth-order valence-corrected chi connectivity index (χ4v) is 3.04. The summed E-state index contributed by atoms with van der Waals surface area (Å²) in [7, 11) is -3.74. The van der Waals surface area contributed by atoms with E-state index < -0.39 is 16.0 Å². The minimum Gasteiger partial charge on any atom is -0.510 e. The van der Waals surface area contributed by atoms with Crippen molar-refractivity contribution in [2.24, 2.45) is 10.2 Å². The number of hydrogen-bond acceptors (Lipinski definition) is 7. The van der Waals surface area contributed by atoms with Gasteiger partial charge in [0.15, 0.2) is 0 Å². The number of ether oxygens (including phenoxy) is 1. The number of azo groups is 1. The number of benzene rings is 2. The first-order valence-electron chi connectivity index (χ1n) is 8.00. The normalized spacial score (nSPS) is 12.5. The van der Waals surface area contributed by atoms with Gasteiger partial charge in [0.25, 0.3) is 10.0 Å². The van der Waals surface area contributed by atoms with Crippen molar-refractivity contribution in [2.75, 3.05) is 11.3 Å². The van der Waals surface area contributed by atoms with E-state index in [1.807, 2.05) is 0 Å². The number of aliphatic hydroxyl groups excluding tert-OH is 1. The molecule has 27 heavy (non-hydrogen) atoms. The standard InChI is InChI=1S/C18H19N3O5S/c1-3-26-18(23)17(13(2)22)20-19-14-9-11-16(12-10-14)27(24,25)21-15-7-5-4-6-8-15/h4-12,21-22H,3H2,1-2H3/b17-13+,20-19?. The van der Waals surface area contributed by atoms with E-state index in [1.54, 1.807) is 37.3 Å². The first-order chi connectivity index (χ1) is 12.8. The molecule has 2 N–H and O–H groups in total. The van der Waals surface area contributed by atoms with Crippen LogP contribution in [0, 0.1) is 0 Å². The number of anilines is 1. The highest BCUT2D eigenvalue weighted by atomic mass is 32.2. The molecule has 0 atom stereocenters. The average molecular weight is 389 g/mol. The number of rotatable bonds is 7. The maximum Gasteiger partial charge on any atom is 0.362 e. The predicted octanol–water partition coefficient (Wildman–Crippen LogP) is 3.92. The van der Waals surface area contributed by atoms with Gasteiger partial charge in [0.05, 0.1) is 17.2 Å². The van der Waals surface area contributed by atoms with E-state index in [2.05, 4.69) is 15.0 Å². The number of nitrogens with zero attached hydrogens (tertiary/aromatic N) is 2. The van der Waals surface area contributed by atoms with E-state index in [1.165, 1.54) is 31.2 Å². The van der Waals surface area contributed by atoms with E-state index >= 15 is 0 Å². The van der Waals surface area contributed by atoms with Gasteiger partial charge in [-0.1, -0.05) is 18.2 Å². The lowest BCUT2D eigenvalue weighted by atomic mass is 10.3. The number of sulfonamides is 1. The van der Waals surface area contributed by atoms with Crippen LogP contribution in [-0.4, -0.2) is 26.1 Å². The van der Waals surface area contributed by atoms with Gasteiger partial charge in [-0.3, -0.25) is 4.72 Å². The predicted molar refractivity (Wildman–Crippen MR) is 100 cm³/mol.